The smallest absolute Gasteiger partial charge is 0.273 e. The summed E-state index contributed by atoms with van der Waals surface area (Å²) in [4.78, 5) is 28.2. The van der Waals surface area contributed by atoms with Crippen molar-refractivity contribution in [2.24, 2.45) is 0 Å². The van der Waals surface area contributed by atoms with Gasteiger partial charge >= 0.3 is 0 Å². The Morgan fingerprint density at radius 1 is 1.24 bits per heavy atom. The maximum Gasteiger partial charge on any atom is 0.273 e. The Kier molecular flexibility index (Phi) is 3.41. The van der Waals surface area contributed by atoms with Crippen LogP contribution in [0, 0.1) is 0 Å². The van der Waals surface area contributed by atoms with Crippen LogP contribution in [0.1, 0.15) is 17.4 Å². The minimum absolute atomic E-state index is 0.156. The first-order valence-corrected chi connectivity index (χ1v) is 7.11. The fourth-order valence-electron chi connectivity index (χ4n) is 1.96. The summed E-state index contributed by atoms with van der Waals surface area (Å²) in [6.07, 6.45) is 3.40. The first-order valence-electron chi connectivity index (χ1n) is 6.23. The fraction of sp³-hybridized carbons (Fsp3) is 0.0714. The molecule has 6 nitrogen and oxygen atoms in total. The maximum absolute atomic E-state index is 12.3. The van der Waals surface area contributed by atoms with Gasteiger partial charge < -0.3 is 10.6 Å². The molecule has 0 aliphatic heterocycles. The van der Waals surface area contributed by atoms with E-state index in [1.165, 1.54) is 18.3 Å². The topological polar surface area (TPSA) is 75.5 Å². The normalized spacial score (nSPS) is 10.5. The van der Waals surface area contributed by atoms with Crippen LogP contribution in [0.25, 0.3) is 4.96 Å². The van der Waals surface area contributed by atoms with Crippen LogP contribution in [0.2, 0.25) is 0 Å². The summed E-state index contributed by atoms with van der Waals surface area (Å²) in [5.74, 6) is -0.379. The first-order chi connectivity index (χ1) is 10.1. The van der Waals surface area contributed by atoms with E-state index < -0.39 is 0 Å². The number of carbonyl (C=O) groups excluding carboxylic acids is 2. The third kappa shape index (κ3) is 2.77. The molecule has 0 aliphatic carbocycles. The summed E-state index contributed by atoms with van der Waals surface area (Å²) < 4.78 is 1.73. The number of rotatable bonds is 3. The number of anilines is 2. The Balaban J connectivity index is 1.81. The third-order valence-corrected chi connectivity index (χ3v) is 3.67. The van der Waals surface area contributed by atoms with E-state index in [0.717, 1.165) is 4.96 Å². The number of thiazole rings is 1. The fourth-order valence-corrected chi connectivity index (χ4v) is 2.79. The molecule has 3 rings (SSSR count). The zero-order chi connectivity index (χ0) is 14.8. The van der Waals surface area contributed by atoms with Crippen molar-refractivity contribution < 1.29 is 9.59 Å². The van der Waals surface area contributed by atoms with Crippen LogP contribution in [0.3, 0.4) is 0 Å². The number of fused-ring (bicyclic) bond motifs is 1. The Morgan fingerprint density at radius 2 is 2.00 bits per heavy atom. The number of imidazole rings is 1. The molecule has 0 aliphatic rings. The van der Waals surface area contributed by atoms with Crippen LogP contribution in [0.15, 0.2) is 42.0 Å². The Labute approximate surface area is 124 Å². The SMILES string of the molecule is CC(=O)Nc1cccc(NC(=O)c2csc3nccn23)c1. The van der Waals surface area contributed by atoms with E-state index in [2.05, 4.69) is 15.6 Å². The van der Waals surface area contributed by atoms with Gasteiger partial charge in [-0.25, -0.2) is 4.98 Å². The molecule has 21 heavy (non-hydrogen) atoms. The van der Waals surface area contributed by atoms with Crippen molar-refractivity contribution in [2.45, 2.75) is 6.92 Å². The van der Waals surface area contributed by atoms with Gasteiger partial charge in [0, 0.05) is 36.1 Å². The molecule has 3 aromatic rings. The van der Waals surface area contributed by atoms with Gasteiger partial charge in [-0.2, -0.15) is 0 Å². The van der Waals surface area contributed by atoms with E-state index >= 15 is 0 Å². The summed E-state index contributed by atoms with van der Waals surface area (Å²) in [7, 11) is 0. The van der Waals surface area contributed by atoms with Crippen molar-refractivity contribution in [2.75, 3.05) is 10.6 Å². The molecule has 2 N–H and O–H groups in total. The lowest BCUT2D eigenvalue weighted by atomic mass is 10.2. The summed E-state index contributed by atoms with van der Waals surface area (Å²) in [6.45, 7) is 1.44. The van der Waals surface area contributed by atoms with E-state index in [9.17, 15) is 9.59 Å². The lowest BCUT2D eigenvalue weighted by molar-refractivity contribution is -0.114. The van der Waals surface area contributed by atoms with E-state index in [0.29, 0.717) is 17.1 Å². The van der Waals surface area contributed by atoms with Crippen molar-refractivity contribution >= 4 is 39.5 Å². The lowest BCUT2D eigenvalue weighted by Gasteiger charge is -2.07. The number of carbonyl (C=O) groups is 2. The summed E-state index contributed by atoms with van der Waals surface area (Å²) >= 11 is 1.41. The first kappa shape index (κ1) is 13.3. The average Bonchev–Trinajstić information content (AvgIpc) is 2.99. The second kappa shape index (κ2) is 5.37. The molecular weight excluding hydrogens is 288 g/mol. The Hall–Kier alpha value is -2.67. The summed E-state index contributed by atoms with van der Waals surface area (Å²) in [5.41, 5.74) is 1.78. The van der Waals surface area contributed by atoms with Gasteiger partial charge in [0.2, 0.25) is 5.91 Å². The minimum Gasteiger partial charge on any atom is -0.326 e. The highest BCUT2D eigenvalue weighted by molar-refractivity contribution is 7.15. The monoisotopic (exact) mass is 300 g/mol. The lowest BCUT2D eigenvalue weighted by Crippen LogP contribution is -2.14. The maximum atomic E-state index is 12.3. The number of hydrogen-bond donors (Lipinski definition) is 2. The van der Waals surface area contributed by atoms with Crippen LogP contribution in [0.5, 0.6) is 0 Å². The van der Waals surface area contributed by atoms with Crippen LogP contribution in [-0.2, 0) is 4.79 Å². The molecular formula is C14H12N4O2S. The van der Waals surface area contributed by atoms with E-state index in [1.807, 2.05) is 0 Å². The number of nitrogens with one attached hydrogen (secondary N) is 2. The summed E-state index contributed by atoms with van der Waals surface area (Å²) in [6, 6.07) is 6.99. The van der Waals surface area contributed by atoms with Crippen molar-refractivity contribution in [3.63, 3.8) is 0 Å². The second-order valence-electron chi connectivity index (χ2n) is 4.42. The number of amides is 2. The second-order valence-corrected chi connectivity index (χ2v) is 5.25. The molecule has 2 heterocycles. The molecule has 0 saturated heterocycles. The van der Waals surface area contributed by atoms with Crippen molar-refractivity contribution in [1.82, 2.24) is 9.38 Å². The molecule has 0 atom stereocenters. The Bertz CT molecular complexity index is 821. The van der Waals surface area contributed by atoms with E-state index in [4.69, 9.17) is 0 Å². The van der Waals surface area contributed by atoms with E-state index in [1.54, 1.807) is 46.4 Å². The van der Waals surface area contributed by atoms with Gasteiger partial charge in [-0.05, 0) is 18.2 Å². The summed E-state index contributed by atoms with van der Waals surface area (Å²) in [5, 5.41) is 7.24. The van der Waals surface area contributed by atoms with E-state index in [-0.39, 0.29) is 11.8 Å². The molecule has 2 aromatic heterocycles. The Morgan fingerprint density at radius 3 is 2.76 bits per heavy atom. The highest BCUT2D eigenvalue weighted by atomic mass is 32.1. The minimum atomic E-state index is -0.223. The van der Waals surface area contributed by atoms with Crippen molar-refractivity contribution in [1.29, 1.82) is 0 Å². The van der Waals surface area contributed by atoms with Gasteiger partial charge in [0.1, 0.15) is 5.69 Å². The van der Waals surface area contributed by atoms with Gasteiger partial charge in [0.15, 0.2) is 4.96 Å². The highest BCUT2D eigenvalue weighted by Gasteiger charge is 2.12. The van der Waals surface area contributed by atoms with Crippen LogP contribution in [0.4, 0.5) is 11.4 Å². The number of benzene rings is 1. The molecule has 0 spiro atoms. The quantitative estimate of drug-likeness (QED) is 0.780. The highest BCUT2D eigenvalue weighted by Crippen LogP contribution is 2.18. The zero-order valence-corrected chi connectivity index (χ0v) is 12.0. The molecule has 0 unspecified atom stereocenters. The van der Waals surface area contributed by atoms with Gasteiger partial charge in [-0.15, -0.1) is 11.3 Å². The largest absolute Gasteiger partial charge is 0.326 e. The zero-order valence-electron chi connectivity index (χ0n) is 11.2. The molecule has 0 bridgehead atoms. The number of nitrogens with zero attached hydrogens (tertiary/aromatic N) is 2. The predicted octanol–water partition coefficient (Wildman–Crippen LogP) is 2.61. The van der Waals surface area contributed by atoms with Gasteiger partial charge in [-0.3, -0.25) is 14.0 Å². The number of hydrogen-bond acceptors (Lipinski definition) is 4. The molecule has 0 fully saturated rings. The van der Waals surface area contributed by atoms with Crippen molar-refractivity contribution in [3.8, 4) is 0 Å². The third-order valence-electron chi connectivity index (χ3n) is 2.82. The number of aromatic nitrogens is 2. The van der Waals surface area contributed by atoms with Gasteiger partial charge in [0.05, 0.1) is 0 Å². The molecule has 0 saturated carbocycles. The van der Waals surface area contributed by atoms with Gasteiger partial charge in [0.25, 0.3) is 5.91 Å². The van der Waals surface area contributed by atoms with Gasteiger partial charge in [-0.1, -0.05) is 6.07 Å². The average molecular weight is 300 g/mol. The molecule has 7 heteroatoms. The molecule has 106 valence electrons. The molecule has 1 aromatic carbocycles. The van der Waals surface area contributed by atoms with Crippen LogP contribution < -0.4 is 10.6 Å². The molecule has 2 amide bonds. The standard InChI is InChI=1S/C14H12N4O2S/c1-9(19)16-10-3-2-4-11(7-10)17-13(20)12-8-21-14-15-5-6-18(12)14/h2-8H,1H3,(H,16,19)(H,17,20). The molecule has 0 radical (unpaired) electrons. The van der Waals surface area contributed by atoms with Crippen molar-refractivity contribution in [3.05, 3.63) is 47.7 Å². The predicted molar refractivity (Wildman–Crippen MR) is 81.8 cm³/mol. The van der Waals surface area contributed by atoms with Crippen LogP contribution >= 0.6 is 11.3 Å². The van der Waals surface area contributed by atoms with Crippen LogP contribution in [-0.4, -0.2) is 21.2 Å².